The molecule has 0 aliphatic rings. The molecule has 0 bridgehead atoms. The summed E-state index contributed by atoms with van der Waals surface area (Å²) in [5, 5.41) is 0.707. The maximum atomic E-state index is 14.7. The van der Waals surface area contributed by atoms with Crippen LogP contribution >= 0.6 is 11.9 Å². The van der Waals surface area contributed by atoms with Gasteiger partial charge in [-0.05, 0) is 37.1 Å². The molecule has 2 aromatic heterocycles. The number of hydrogen-bond donors (Lipinski definition) is 2. The Morgan fingerprint density at radius 2 is 2.21 bits per heavy atom. The predicted octanol–water partition coefficient (Wildman–Crippen LogP) is 4.71. The Morgan fingerprint density at radius 1 is 1.38 bits per heavy atom. The highest BCUT2D eigenvalue weighted by Crippen LogP contribution is 2.26. The van der Waals surface area contributed by atoms with Gasteiger partial charge in [-0.2, -0.15) is 0 Å². The van der Waals surface area contributed by atoms with Crippen molar-refractivity contribution in [2.24, 2.45) is 0 Å². The Kier molecular flexibility index (Phi) is 4.85. The van der Waals surface area contributed by atoms with Crippen molar-refractivity contribution in [2.75, 3.05) is 10.5 Å². The zero-order chi connectivity index (χ0) is 17.1. The third-order valence-corrected chi connectivity index (χ3v) is 4.62. The summed E-state index contributed by atoms with van der Waals surface area (Å²) in [5.41, 5.74) is 2.38. The number of hydrogen-bond acceptors (Lipinski definition) is 4. The molecule has 6 heteroatoms. The molecule has 0 aliphatic heterocycles. The molecule has 0 aliphatic carbocycles. The first-order valence-corrected chi connectivity index (χ1v) is 8.75. The predicted molar refractivity (Wildman–Crippen MR) is 97.0 cm³/mol. The summed E-state index contributed by atoms with van der Waals surface area (Å²) in [6.45, 7) is 3.96. The quantitative estimate of drug-likeness (QED) is 0.386. The van der Waals surface area contributed by atoms with E-state index in [1.54, 1.807) is 24.5 Å². The standard InChI is InChI=1S/C18H18FN3OS/c1-3-7-24-22-15-6-4-5-12(16(15)19)17(23)14-10-21-18-13(14)8-11(2)9-20-18/h4-6,8-10,22H,3,7H2,1-2H3,(H,20,21). The normalized spacial score (nSPS) is 11.0. The second-order valence-corrected chi connectivity index (χ2v) is 6.46. The summed E-state index contributed by atoms with van der Waals surface area (Å²) in [6, 6.07) is 6.71. The smallest absolute Gasteiger partial charge is 0.198 e. The minimum absolute atomic E-state index is 0.0551. The minimum Gasteiger partial charge on any atom is -0.345 e. The van der Waals surface area contributed by atoms with Gasteiger partial charge in [-0.3, -0.25) is 4.79 Å². The van der Waals surface area contributed by atoms with Crippen molar-refractivity contribution >= 4 is 34.5 Å². The van der Waals surface area contributed by atoms with Crippen LogP contribution in [0.1, 0.15) is 34.8 Å². The molecule has 124 valence electrons. The lowest BCUT2D eigenvalue weighted by Crippen LogP contribution is -2.06. The number of aromatic amines is 1. The van der Waals surface area contributed by atoms with E-state index in [0.717, 1.165) is 17.7 Å². The number of carbonyl (C=O) groups excluding carboxylic acids is 1. The molecule has 0 fully saturated rings. The number of H-pyrrole nitrogens is 1. The van der Waals surface area contributed by atoms with Gasteiger partial charge in [0.2, 0.25) is 0 Å². The lowest BCUT2D eigenvalue weighted by atomic mass is 10.0. The van der Waals surface area contributed by atoms with E-state index >= 15 is 0 Å². The number of benzene rings is 1. The highest BCUT2D eigenvalue weighted by Gasteiger charge is 2.20. The molecule has 4 nitrogen and oxygen atoms in total. The van der Waals surface area contributed by atoms with Crippen LogP contribution in [-0.2, 0) is 0 Å². The zero-order valence-corrected chi connectivity index (χ0v) is 14.3. The van der Waals surface area contributed by atoms with E-state index < -0.39 is 5.82 Å². The van der Waals surface area contributed by atoms with E-state index in [4.69, 9.17) is 0 Å². The Hall–Kier alpha value is -2.34. The fourth-order valence-corrected chi connectivity index (χ4v) is 3.08. The molecular weight excluding hydrogens is 325 g/mol. The summed E-state index contributed by atoms with van der Waals surface area (Å²) < 4.78 is 17.7. The molecule has 0 unspecified atom stereocenters. The second-order valence-electron chi connectivity index (χ2n) is 5.56. The number of ketones is 1. The van der Waals surface area contributed by atoms with E-state index in [1.165, 1.54) is 18.0 Å². The van der Waals surface area contributed by atoms with Crippen LogP contribution in [0.15, 0.2) is 36.7 Å². The number of anilines is 1. The maximum Gasteiger partial charge on any atom is 0.198 e. The van der Waals surface area contributed by atoms with Gasteiger partial charge >= 0.3 is 0 Å². The van der Waals surface area contributed by atoms with Crippen molar-refractivity contribution in [2.45, 2.75) is 20.3 Å². The monoisotopic (exact) mass is 343 g/mol. The van der Waals surface area contributed by atoms with Crippen molar-refractivity contribution in [1.82, 2.24) is 9.97 Å². The molecule has 0 radical (unpaired) electrons. The lowest BCUT2D eigenvalue weighted by Gasteiger charge is -2.09. The number of fused-ring (bicyclic) bond motifs is 1. The molecule has 0 spiro atoms. The number of nitrogens with one attached hydrogen (secondary N) is 2. The number of halogens is 1. The Morgan fingerprint density at radius 3 is 3.00 bits per heavy atom. The minimum atomic E-state index is -0.527. The molecule has 0 amide bonds. The summed E-state index contributed by atoms with van der Waals surface area (Å²) in [6.07, 6.45) is 4.30. The molecule has 2 N–H and O–H groups in total. The van der Waals surface area contributed by atoms with Crippen LogP contribution in [-0.4, -0.2) is 21.5 Å². The first-order valence-electron chi connectivity index (χ1n) is 7.76. The first kappa shape index (κ1) is 16.5. The van der Waals surface area contributed by atoms with Crippen LogP contribution in [0.2, 0.25) is 0 Å². The summed E-state index contributed by atoms with van der Waals surface area (Å²) in [4.78, 5) is 20.0. The summed E-state index contributed by atoms with van der Waals surface area (Å²) in [5.74, 6) is -0.0123. The third kappa shape index (κ3) is 3.14. The molecule has 3 rings (SSSR count). The fourth-order valence-electron chi connectivity index (χ4n) is 2.46. The van der Waals surface area contributed by atoms with Crippen LogP contribution in [0.3, 0.4) is 0 Å². The maximum absolute atomic E-state index is 14.7. The van der Waals surface area contributed by atoms with Crippen LogP contribution in [0.5, 0.6) is 0 Å². The van der Waals surface area contributed by atoms with Crippen LogP contribution in [0.25, 0.3) is 11.0 Å². The summed E-state index contributed by atoms with van der Waals surface area (Å²) in [7, 11) is 0. The van der Waals surface area contributed by atoms with Gasteiger partial charge in [0, 0.05) is 29.1 Å². The van der Waals surface area contributed by atoms with Gasteiger partial charge < -0.3 is 9.71 Å². The number of aryl methyl sites for hydroxylation is 1. The largest absolute Gasteiger partial charge is 0.345 e. The molecular formula is C18H18FN3OS. The molecule has 0 atom stereocenters. The van der Waals surface area contributed by atoms with Crippen molar-refractivity contribution in [3.8, 4) is 0 Å². The Balaban J connectivity index is 1.97. The topological polar surface area (TPSA) is 57.8 Å². The van der Waals surface area contributed by atoms with Gasteiger partial charge in [0.15, 0.2) is 11.6 Å². The Labute approximate surface area is 144 Å². The zero-order valence-electron chi connectivity index (χ0n) is 13.5. The van der Waals surface area contributed by atoms with Gasteiger partial charge in [0.1, 0.15) is 5.65 Å². The highest BCUT2D eigenvalue weighted by molar-refractivity contribution is 8.00. The van der Waals surface area contributed by atoms with E-state index in [0.29, 0.717) is 22.3 Å². The van der Waals surface area contributed by atoms with E-state index in [2.05, 4.69) is 21.6 Å². The molecule has 24 heavy (non-hydrogen) atoms. The third-order valence-electron chi connectivity index (χ3n) is 3.64. The van der Waals surface area contributed by atoms with Crippen molar-refractivity contribution < 1.29 is 9.18 Å². The van der Waals surface area contributed by atoms with Gasteiger partial charge in [0.05, 0.1) is 11.3 Å². The number of aromatic nitrogens is 2. The molecule has 0 saturated heterocycles. The summed E-state index contributed by atoms with van der Waals surface area (Å²) >= 11 is 1.43. The van der Waals surface area contributed by atoms with Crippen molar-refractivity contribution in [1.29, 1.82) is 0 Å². The molecule has 3 aromatic rings. The van der Waals surface area contributed by atoms with Crippen molar-refractivity contribution in [3.63, 3.8) is 0 Å². The molecule has 0 saturated carbocycles. The van der Waals surface area contributed by atoms with E-state index in [-0.39, 0.29) is 11.3 Å². The number of nitrogens with zero attached hydrogens (tertiary/aromatic N) is 1. The van der Waals surface area contributed by atoms with E-state index in [9.17, 15) is 9.18 Å². The van der Waals surface area contributed by atoms with Crippen molar-refractivity contribution in [3.05, 3.63) is 59.2 Å². The first-order chi connectivity index (χ1) is 11.6. The average molecular weight is 343 g/mol. The number of rotatable bonds is 6. The van der Waals surface area contributed by atoms with E-state index in [1.807, 2.05) is 13.0 Å². The van der Waals surface area contributed by atoms with Gasteiger partial charge in [-0.15, -0.1) is 0 Å². The molecule has 2 heterocycles. The van der Waals surface area contributed by atoms with Crippen LogP contribution in [0, 0.1) is 12.7 Å². The number of carbonyl (C=O) groups is 1. The van der Waals surface area contributed by atoms with Crippen LogP contribution < -0.4 is 4.72 Å². The van der Waals surface area contributed by atoms with Crippen LogP contribution in [0.4, 0.5) is 10.1 Å². The lowest BCUT2D eigenvalue weighted by molar-refractivity contribution is 0.103. The molecule has 1 aromatic carbocycles. The highest BCUT2D eigenvalue weighted by atomic mass is 32.2. The fraction of sp³-hybridized carbons (Fsp3) is 0.222. The van der Waals surface area contributed by atoms with Gasteiger partial charge in [-0.25, -0.2) is 9.37 Å². The average Bonchev–Trinajstić information content (AvgIpc) is 2.99. The second kappa shape index (κ2) is 7.05. The Bertz CT molecular complexity index is 891. The SMILES string of the molecule is CCCSNc1cccc(C(=O)c2c[nH]c3ncc(C)cc23)c1F. The van der Waals surface area contributed by atoms with Gasteiger partial charge in [0.25, 0.3) is 0 Å². The van der Waals surface area contributed by atoms with Gasteiger partial charge in [-0.1, -0.05) is 24.9 Å². The number of pyridine rings is 1.